The van der Waals surface area contributed by atoms with E-state index < -0.39 is 0 Å². The number of halogens is 1. The van der Waals surface area contributed by atoms with Gasteiger partial charge in [-0.05, 0) is 55.8 Å². The van der Waals surface area contributed by atoms with Crippen molar-refractivity contribution < 1.29 is 9.53 Å². The molecule has 0 aliphatic heterocycles. The van der Waals surface area contributed by atoms with Crippen LogP contribution in [-0.2, 0) is 7.05 Å². The van der Waals surface area contributed by atoms with Crippen molar-refractivity contribution in [1.82, 2.24) is 9.78 Å². The Morgan fingerprint density at radius 3 is 2.42 bits per heavy atom. The molecule has 0 bridgehead atoms. The predicted octanol–water partition coefficient (Wildman–Crippen LogP) is 4.81. The van der Waals surface area contributed by atoms with Crippen LogP contribution in [0.2, 0.25) is 0 Å². The number of aromatic nitrogens is 2. The number of amides is 1. The maximum atomic E-state index is 12.7. The van der Waals surface area contributed by atoms with Crippen LogP contribution in [-0.4, -0.2) is 22.3 Å². The first-order chi connectivity index (χ1) is 12.5. The van der Waals surface area contributed by atoms with E-state index in [1.807, 2.05) is 45.2 Å². The highest BCUT2D eigenvalue weighted by atomic mass is 79.9. The van der Waals surface area contributed by atoms with Gasteiger partial charge in [0.15, 0.2) is 0 Å². The highest BCUT2D eigenvalue weighted by Crippen LogP contribution is 2.32. The van der Waals surface area contributed by atoms with Crippen LogP contribution in [0.3, 0.4) is 0 Å². The van der Waals surface area contributed by atoms with Gasteiger partial charge in [0.2, 0.25) is 0 Å². The van der Waals surface area contributed by atoms with Crippen LogP contribution in [0.5, 0.6) is 5.75 Å². The lowest BCUT2D eigenvalue weighted by atomic mass is 10.1. The molecule has 0 aliphatic carbocycles. The van der Waals surface area contributed by atoms with Crippen LogP contribution in [0.1, 0.15) is 23.0 Å². The van der Waals surface area contributed by atoms with Gasteiger partial charge in [0.25, 0.3) is 5.91 Å². The predicted molar refractivity (Wildman–Crippen MR) is 107 cm³/mol. The fourth-order valence-electron chi connectivity index (χ4n) is 2.81. The number of carbonyl (C=O) groups excluding carboxylic acids is 1. The molecule has 5 nitrogen and oxygen atoms in total. The Kier molecular flexibility index (Phi) is 5.42. The van der Waals surface area contributed by atoms with Crippen molar-refractivity contribution in [3.63, 3.8) is 0 Å². The minimum absolute atomic E-state index is 0.186. The highest BCUT2D eigenvalue weighted by molar-refractivity contribution is 9.10. The summed E-state index contributed by atoms with van der Waals surface area (Å²) in [7, 11) is 1.82. The Morgan fingerprint density at radius 1 is 1.15 bits per heavy atom. The molecule has 0 saturated carbocycles. The zero-order valence-corrected chi connectivity index (χ0v) is 16.5. The Balaban J connectivity index is 1.90. The first-order valence-corrected chi connectivity index (χ1v) is 9.12. The lowest BCUT2D eigenvalue weighted by molar-refractivity contribution is 0.102. The van der Waals surface area contributed by atoms with Gasteiger partial charge in [0.1, 0.15) is 11.6 Å². The summed E-state index contributed by atoms with van der Waals surface area (Å²) in [5, 5.41) is 7.45. The smallest absolute Gasteiger partial charge is 0.256 e. The first kappa shape index (κ1) is 18.2. The minimum atomic E-state index is -0.186. The molecule has 0 radical (unpaired) electrons. The van der Waals surface area contributed by atoms with Gasteiger partial charge in [-0.2, -0.15) is 5.10 Å². The second-order valence-corrected chi connectivity index (χ2v) is 6.77. The van der Waals surface area contributed by atoms with Crippen molar-refractivity contribution in [1.29, 1.82) is 0 Å². The molecule has 1 amide bonds. The zero-order valence-electron chi connectivity index (χ0n) is 14.9. The number of benzene rings is 2. The summed E-state index contributed by atoms with van der Waals surface area (Å²) in [6, 6.07) is 15.0. The third-order valence-electron chi connectivity index (χ3n) is 4.01. The molecule has 0 aliphatic rings. The lowest BCUT2D eigenvalue weighted by Crippen LogP contribution is -2.15. The summed E-state index contributed by atoms with van der Waals surface area (Å²) in [5.74, 6) is 1.23. The molecule has 26 heavy (non-hydrogen) atoms. The average Bonchev–Trinajstić information content (AvgIpc) is 2.90. The second kappa shape index (κ2) is 7.74. The molecule has 0 unspecified atom stereocenters. The fraction of sp³-hybridized carbons (Fsp3) is 0.200. The van der Waals surface area contributed by atoms with E-state index in [1.165, 1.54) is 0 Å². The Bertz CT molecular complexity index is 915. The van der Waals surface area contributed by atoms with Gasteiger partial charge in [0, 0.05) is 22.6 Å². The molecule has 1 N–H and O–H groups in total. The number of rotatable bonds is 5. The van der Waals surface area contributed by atoms with Crippen LogP contribution >= 0.6 is 15.9 Å². The largest absolute Gasteiger partial charge is 0.494 e. The fourth-order valence-corrected chi connectivity index (χ4v) is 3.08. The van der Waals surface area contributed by atoms with Crippen molar-refractivity contribution in [2.75, 3.05) is 11.9 Å². The molecular weight excluding hydrogens is 394 g/mol. The Morgan fingerprint density at radius 2 is 1.81 bits per heavy atom. The number of anilines is 1. The number of ether oxygens (including phenoxy) is 1. The van der Waals surface area contributed by atoms with Gasteiger partial charge >= 0.3 is 0 Å². The number of carbonyl (C=O) groups is 1. The standard InChI is InChI=1S/C20H20BrN3O2/c1-4-26-17-11-7-15(8-12-17)20(25)22-19-18(13(2)23-24(19)3)14-5-9-16(21)10-6-14/h5-12H,4H2,1-3H3,(H,22,25). The van der Waals surface area contributed by atoms with Gasteiger partial charge in [-0.25, -0.2) is 0 Å². The minimum Gasteiger partial charge on any atom is -0.494 e. The summed E-state index contributed by atoms with van der Waals surface area (Å²) in [5.41, 5.74) is 3.34. The van der Waals surface area contributed by atoms with E-state index >= 15 is 0 Å². The van der Waals surface area contributed by atoms with E-state index in [4.69, 9.17) is 4.74 Å². The zero-order chi connectivity index (χ0) is 18.7. The molecule has 134 valence electrons. The topological polar surface area (TPSA) is 56.1 Å². The van der Waals surface area contributed by atoms with E-state index in [2.05, 4.69) is 26.3 Å². The number of hydrogen-bond donors (Lipinski definition) is 1. The molecule has 1 heterocycles. The molecular formula is C20H20BrN3O2. The van der Waals surface area contributed by atoms with Gasteiger partial charge in [-0.15, -0.1) is 0 Å². The van der Waals surface area contributed by atoms with E-state index in [0.717, 1.165) is 27.0 Å². The van der Waals surface area contributed by atoms with Crippen molar-refractivity contribution in [2.24, 2.45) is 7.05 Å². The monoisotopic (exact) mass is 413 g/mol. The van der Waals surface area contributed by atoms with Gasteiger partial charge in [-0.3, -0.25) is 9.48 Å². The molecule has 3 aromatic rings. The van der Waals surface area contributed by atoms with E-state index in [0.29, 0.717) is 18.0 Å². The quantitative estimate of drug-likeness (QED) is 0.652. The van der Waals surface area contributed by atoms with E-state index in [9.17, 15) is 4.79 Å². The van der Waals surface area contributed by atoms with Crippen LogP contribution in [0.4, 0.5) is 5.82 Å². The maximum absolute atomic E-state index is 12.7. The second-order valence-electron chi connectivity index (χ2n) is 5.85. The van der Waals surface area contributed by atoms with Gasteiger partial charge in [-0.1, -0.05) is 28.1 Å². The average molecular weight is 414 g/mol. The van der Waals surface area contributed by atoms with Crippen LogP contribution in [0, 0.1) is 6.92 Å². The van der Waals surface area contributed by atoms with E-state index in [-0.39, 0.29) is 5.91 Å². The number of nitrogens with zero attached hydrogens (tertiary/aromatic N) is 2. The molecule has 3 rings (SSSR count). The van der Waals surface area contributed by atoms with Crippen molar-refractivity contribution in [3.8, 4) is 16.9 Å². The number of aryl methyl sites for hydroxylation is 2. The molecule has 1 aromatic heterocycles. The van der Waals surface area contributed by atoms with Crippen LogP contribution < -0.4 is 10.1 Å². The normalized spacial score (nSPS) is 10.6. The molecule has 0 spiro atoms. The van der Waals surface area contributed by atoms with Crippen molar-refractivity contribution in [3.05, 3.63) is 64.3 Å². The molecule has 0 atom stereocenters. The lowest BCUT2D eigenvalue weighted by Gasteiger charge is -2.10. The summed E-state index contributed by atoms with van der Waals surface area (Å²) in [6.07, 6.45) is 0. The van der Waals surface area contributed by atoms with Crippen LogP contribution in [0.15, 0.2) is 53.0 Å². The first-order valence-electron chi connectivity index (χ1n) is 8.33. The number of hydrogen-bond acceptors (Lipinski definition) is 3. The molecule has 2 aromatic carbocycles. The summed E-state index contributed by atoms with van der Waals surface area (Å²) in [6.45, 7) is 4.45. The molecule has 0 fully saturated rings. The van der Waals surface area contributed by atoms with Crippen molar-refractivity contribution in [2.45, 2.75) is 13.8 Å². The van der Waals surface area contributed by atoms with Crippen LogP contribution in [0.25, 0.3) is 11.1 Å². The molecule has 6 heteroatoms. The van der Waals surface area contributed by atoms with Crippen molar-refractivity contribution >= 4 is 27.7 Å². The summed E-state index contributed by atoms with van der Waals surface area (Å²) >= 11 is 3.45. The Labute approximate surface area is 161 Å². The summed E-state index contributed by atoms with van der Waals surface area (Å²) < 4.78 is 8.11. The Hall–Kier alpha value is -2.60. The SMILES string of the molecule is CCOc1ccc(C(=O)Nc2c(-c3ccc(Br)cc3)c(C)nn2C)cc1. The van der Waals surface area contributed by atoms with Gasteiger partial charge in [0.05, 0.1) is 12.3 Å². The maximum Gasteiger partial charge on any atom is 0.256 e. The highest BCUT2D eigenvalue weighted by Gasteiger charge is 2.18. The third-order valence-corrected chi connectivity index (χ3v) is 4.54. The number of nitrogens with one attached hydrogen (secondary N) is 1. The summed E-state index contributed by atoms with van der Waals surface area (Å²) in [4.78, 5) is 12.7. The molecule has 0 saturated heterocycles. The van der Waals surface area contributed by atoms with Gasteiger partial charge < -0.3 is 10.1 Å². The van der Waals surface area contributed by atoms with E-state index in [1.54, 1.807) is 28.9 Å². The third kappa shape index (κ3) is 3.80.